The lowest BCUT2D eigenvalue weighted by molar-refractivity contribution is 0.0956. The Hall–Kier alpha value is -1.71. The maximum absolute atomic E-state index is 11.9. The Bertz CT molecular complexity index is 457. The third-order valence-corrected chi connectivity index (χ3v) is 3.47. The average molecular weight is 291 g/mol. The van der Waals surface area contributed by atoms with Crippen LogP contribution in [0.15, 0.2) is 18.2 Å². The molecule has 1 aromatic carbocycles. The Morgan fingerprint density at radius 2 is 1.95 bits per heavy atom. The zero-order chi connectivity index (χ0) is 15.8. The van der Waals surface area contributed by atoms with Gasteiger partial charge in [0, 0.05) is 18.2 Å². The summed E-state index contributed by atoms with van der Waals surface area (Å²) >= 11 is 0. The van der Waals surface area contributed by atoms with E-state index in [2.05, 4.69) is 31.4 Å². The molecule has 0 heterocycles. The highest BCUT2D eigenvalue weighted by atomic mass is 16.1. The van der Waals surface area contributed by atoms with Gasteiger partial charge < -0.3 is 16.4 Å². The van der Waals surface area contributed by atoms with Crippen molar-refractivity contribution < 1.29 is 4.79 Å². The van der Waals surface area contributed by atoms with Crippen LogP contribution in [0.25, 0.3) is 0 Å². The van der Waals surface area contributed by atoms with Gasteiger partial charge in [-0.25, -0.2) is 0 Å². The second-order valence-corrected chi connectivity index (χ2v) is 6.03. The topological polar surface area (TPSA) is 67.2 Å². The van der Waals surface area contributed by atoms with Gasteiger partial charge in [-0.2, -0.15) is 0 Å². The molecule has 0 aliphatic rings. The number of hydrogen-bond donors (Lipinski definition) is 3. The van der Waals surface area contributed by atoms with E-state index in [9.17, 15) is 4.79 Å². The van der Waals surface area contributed by atoms with Crippen molar-refractivity contribution in [2.45, 2.75) is 53.0 Å². The average Bonchev–Trinajstić information content (AvgIpc) is 2.41. The Balaban J connectivity index is 2.64. The summed E-state index contributed by atoms with van der Waals surface area (Å²) in [5.74, 6) is 0.677. The Morgan fingerprint density at radius 1 is 1.24 bits per heavy atom. The minimum atomic E-state index is -0.0620. The van der Waals surface area contributed by atoms with Crippen molar-refractivity contribution in [1.29, 1.82) is 0 Å². The summed E-state index contributed by atoms with van der Waals surface area (Å²) in [4.78, 5) is 11.9. The van der Waals surface area contributed by atoms with Gasteiger partial charge in [-0.1, -0.05) is 26.7 Å². The molecule has 0 aliphatic heterocycles. The molecule has 4 nitrogen and oxygen atoms in total. The molecular weight excluding hydrogens is 262 g/mol. The number of carbonyl (C=O) groups is 1. The predicted molar refractivity (Wildman–Crippen MR) is 90.6 cm³/mol. The molecule has 0 radical (unpaired) electrons. The van der Waals surface area contributed by atoms with Crippen molar-refractivity contribution in [1.82, 2.24) is 5.32 Å². The summed E-state index contributed by atoms with van der Waals surface area (Å²) in [6.45, 7) is 9.17. The van der Waals surface area contributed by atoms with Gasteiger partial charge >= 0.3 is 0 Å². The van der Waals surface area contributed by atoms with Gasteiger partial charge in [-0.05, 0) is 44.4 Å². The summed E-state index contributed by atoms with van der Waals surface area (Å²) in [5.41, 5.74) is 8.16. The molecule has 4 heteroatoms. The van der Waals surface area contributed by atoms with Gasteiger partial charge in [0.1, 0.15) is 0 Å². The molecule has 0 saturated carbocycles. The van der Waals surface area contributed by atoms with E-state index in [1.54, 1.807) is 12.1 Å². The zero-order valence-electron chi connectivity index (χ0n) is 13.7. The molecule has 1 rings (SSSR count). The lowest BCUT2D eigenvalue weighted by Gasteiger charge is -2.18. The minimum absolute atomic E-state index is 0.0620. The summed E-state index contributed by atoms with van der Waals surface area (Å²) in [7, 11) is 0. The second kappa shape index (κ2) is 8.55. The highest BCUT2D eigenvalue weighted by Gasteiger charge is 2.10. The predicted octanol–water partition coefficient (Wildman–Crippen LogP) is 3.65. The molecule has 1 aromatic rings. The van der Waals surface area contributed by atoms with Crippen molar-refractivity contribution in [2.24, 2.45) is 5.92 Å². The van der Waals surface area contributed by atoms with E-state index in [-0.39, 0.29) is 5.91 Å². The van der Waals surface area contributed by atoms with Gasteiger partial charge in [-0.3, -0.25) is 4.79 Å². The molecule has 4 N–H and O–H groups in total. The van der Waals surface area contributed by atoms with Crippen molar-refractivity contribution in [2.75, 3.05) is 17.6 Å². The largest absolute Gasteiger partial charge is 0.397 e. The molecule has 0 aliphatic carbocycles. The van der Waals surface area contributed by atoms with E-state index in [1.807, 2.05) is 13.0 Å². The van der Waals surface area contributed by atoms with Crippen LogP contribution in [0.4, 0.5) is 11.4 Å². The second-order valence-electron chi connectivity index (χ2n) is 6.03. The van der Waals surface area contributed by atoms with Crippen molar-refractivity contribution >= 4 is 17.3 Å². The molecule has 0 aromatic heterocycles. The SMILES string of the molecule is CCNC(=O)c1ccc(N)c(NC(C)CCCC(C)C)c1. The molecule has 0 bridgehead atoms. The fraction of sp³-hybridized carbons (Fsp3) is 0.588. The molecule has 0 fully saturated rings. The fourth-order valence-corrected chi connectivity index (χ4v) is 2.26. The first-order valence-corrected chi connectivity index (χ1v) is 7.88. The van der Waals surface area contributed by atoms with Crippen LogP contribution in [0.2, 0.25) is 0 Å². The van der Waals surface area contributed by atoms with Gasteiger partial charge in [0.15, 0.2) is 0 Å². The number of rotatable bonds is 8. The molecule has 21 heavy (non-hydrogen) atoms. The van der Waals surface area contributed by atoms with Crippen LogP contribution in [0, 0.1) is 5.92 Å². The highest BCUT2D eigenvalue weighted by molar-refractivity contribution is 5.96. The first-order chi connectivity index (χ1) is 9.93. The number of benzene rings is 1. The van der Waals surface area contributed by atoms with Crippen LogP contribution >= 0.6 is 0 Å². The third-order valence-electron chi connectivity index (χ3n) is 3.47. The van der Waals surface area contributed by atoms with Gasteiger partial charge in [0.05, 0.1) is 11.4 Å². The van der Waals surface area contributed by atoms with Crippen LogP contribution in [-0.4, -0.2) is 18.5 Å². The normalized spacial score (nSPS) is 12.2. The molecule has 1 atom stereocenters. The van der Waals surface area contributed by atoms with Gasteiger partial charge in [-0.15, -0.1) is 0 Å². The Labute approximate surface area is 128 Å². The van der Waals surface area contributed by atoms with Crippen LogP contribution in [0.1, 0.15) is 57.3 Å². The number of nitrogens with two attached hydrogens (primary N) is 1. The maximum atomic E-state index is 11.9. The summed E-state index contributed by atoms with van der Waals surface area (Å²) in [5, 5.41) is 6.22. The summed E-state index contributed by atoms with van der Waals surface area (Å²) in [6, 6.07) is 5.72. The molecule has 1 amide bonds. The summed E-state index contributed by atoms with van der Waals surface area (Å²) in [6.07, 6.45) is 3.53. The van der Waals surface area contributed by atoms with Crippen molar-refractivity contribution in [3.63, 3.8) is 0 Å². The lowest BCUT2D eigenvalue weighted by Crippen LogP contribution is -2.23. The van der Waals surface area contributed by atoms with E-state index in [1.165, 1.54) is 12.8 Å². The van der Waals surface area contributed by atoms with Crippen molar-refractivity contribution in [3.05, 3.63) is 23.8 Å². The number of nitrogens with one attached hydrogen (secondary N) is 2. The van der Waals surface area contributed by atoms with Gasteiger partial charge in [0.2, 0.25) is 0 Å². The number of carbonyl (C=O) groups excluding carboxylic acids is 1. The molecule has 0 saturated heterocycles. The smallest absolute Gasteiger partial charge is 0.251 e. The number of hydrogen-bond acceptors (Lipinski definition) is 3. The maximum Gasteiger partial charge on any atom is 0.251 e. The number of amides is 1. The fourth-order valence-electron chi connectivity index (χ4n) is 2.26. The molecule has 0 spiro atoms. The monoisotopic (exact) mass is 291 g/mol. The first-order valence-electron chi connectivity index (χ1n) is 7.88. The van der Waals surface area contributed by atoms with E-state index >= 15 is 0 Å². The van der Waals surface area contributed by atoms with Gasteiger partial charge in [0.25, 0.3) is 5.91 Å². The Kier molecular flexibility index (Phi) is 7.06. The molecule has 118 valence electrons. The first kappa shape index (κ1) is 17.3. The summed E-state index contributed by atoms with van der Waals surface area (Å²) < 4.78 is 0. The lowest BCUT2D eigenvalue weighted by atomic mass is 10.0. The van der Waals surface area contributed by atoms with E-state index in [0.717, 1.165) is 18.0 Å². The molecule has 1 unspecified atom stereocenters. The van der Waals surface area contributed by atoms with Crippen molar-refractivity contribution in [3.8, 4) is 0 Å². The minimum Gasteiger partial charge on any atom is -0.397 e. The molecular formula is C17H29N3O. The van der Waals surface area contributed by atoms with Crippen LogP contribution < -0.4 is 16.4 Å². The Morgan fingerprint density at radius 3 is 2.57 bits per heavy atom. The highest BCUT2D eigenvalue weighted by Crippen LogP contribution is 2.22. The zero-order valence-corrected chi connectivity index (χ0v) is 13.7. The number of anilines is 2. The standard InChI is InChI=1S/C17H29N3O/c1-5-19-17(21)14-9-10-15(18)16(11-14)20-13(4)8-6-7-12(2)3/h9-13,20H,5-8,18H2,1-4H3,(H,19,21). The quantitative estimate of drug-likeness (QED) is 0.640. The van der Waals surface area contributed by atoms with Crippen LogP contribution in [-0.2, 0) is 0 Å². The van der Waals surface area contributed by atoms with E-state index in [0.29, 0.717) is 23.8 Å². The van der Waals surface area contributed by atoms with E-state index in [4.69, 9.17) is 5.73 Å². The van der Waals surface area contributed by atoms with Crippen LogP contribution in [0.3, 0.4) is 0 Å². The van der Waals surface area contributed by atoms with E-state index < -0.39 is 0 Å². The third kappa shape index (κ3) is 6.06. The van der Waals surface area contributed by atoms with Crippen LogP contribution in [0.5, 0.6) is 0 Å². The number of nitrogen functional groups attached to an aromatic ring is 1.